The molecular formula is C16H29IN4O2S2. The van der Waals surface area contributed by atoms with E-state index in [2.05, 4.69) is 29.1 Å². The summed E-state index contributed by atoms with van der Waals surface area (Å²) in [6.07, 6.45) is 4.85. The number of nitrogens with zero attached hydrogens (tertiary/aromatic N) is 2. The zero-order valence-electron chi connectivity index (χ0n) is 15.1. The van der Waals surface area contributed by atoms with Crippen LogP contribution in [0.25, 0.3) is 0 Å². The maximum atomic E-state index is 11.4. The van der Waals surface area contributed by atoms with Gasteiger partial charge in [0.2, 0.25) is 10.0 Å². The van der Waals surface area contributed by atoms with Crippen LogP contribution in [0.3, 0.4) is 0 Å². The highest BCUT2D eigenvalue weighted by atomic mass is 127. The first-order valence-electron chi connectivity index (χ1n) is 8.34. The molecule has 9 heteroatoms. The second-order valence-corrected chi connectivity index (χ2v) is 9.71. The van der Waals surface area contributed by atoms with E-state index in [1.807, 2.05) is 0 Å². The largest absolute Gasteiger partial charge is 0.351 e. The molecule has 0 spiro atoms. The van der Waals surface area contributed by atoms with Gasteiger partial charge in [-0.3, -0.25) is 4.99 Å². The number of halogens is 1. The number of nitrogens with two attached hydrogens (primary N) is 1. The van der Waals surface area contributed by atoms with E-state index in [9.17, 15) is 8.42 Å². The van der Waals surface area contributed by atoms with Gasteiger partial charge < -0.3 is 10.2 Å². The molecule has 1 aliphatic rings. The number of sulfonamides is 1. The molecule has 1 atom stereocenters. The molecule has 2 heterocycles. The van der Waals surface area contributed by atoms with E-state index in [0.717, 1.165) is 23.9 Å². The molecule has 2 rings (SSSR count). The number of thiophene rings is 1. The van der Waals surface area contributed by atoms with E-state index < -0.39 is 10.0 Å². The van der Waals surface area contributed by atoms with Crippen LogP contribution in [0.5, 0.6) is 0 Å². The summed E-state index contributed by atoms with van der Waals surface area (Å²) in [6, 6.07) is 3.35. The van der Waals surface area contributed by atoms with Gasteiger partial charge in [-0.1, -0.05) is 20.3 Å². The molecule has 0 aliphatic carbocycles. The third kappa shape index (κ3) is 6.37. The fourth-order valence-corrected chi connectivity index (χ4v) is 5.13. The van der Waals surface area contributed by atoms with Crippen LogP contribution in [0.4, 0.5) is 0 Å². The summed E-state index contributed by atoms with van der Waals surface area (Å²) >= 11 is 1.20. The molecule has 6 nitrogen and oxygen atoms in total. The van der Waals surface area contributed by atoms with Gasteiger partial charge in [-0.15, -0.1) is 35.3 Å². The van der Waals surface area contributed by atoms with Gasteiger partial charge in [0, 0.05) is 25.0 Å². The van der Waals surface area contributed by atoms with Crippen molar-refractivity contribution in [1.29, 1.82) is 0 Å². The van der Waals surface area contributed by atoms with Crippen molar-refractivity contribution in [2.24, 2.45) is 15.5 Å². The first-order valence-corrected chi connectivity index (χ1v) is 10.7. The molecule has 1 aliphatic heterocycles. The van der Waals surface area contributed by atoms with Gasteiger partial charge in [0.1, 0.15) is 4.21 Å². The number of piperidine rings is 1. The second kappa shape index (κ2) is 9.52. The quantitative estimate of drug-likeness (QED) is 0.370. The maximum absolute atomic E-state index is 11.4. The first kappa shape index (κ1) is 22.7. The molecule has 0 amide bonds. The van der Waals surface area contributed by atoms with Crippen molar-refractivity contribution >= 4 is 51.3 Å². The minimum atomic E-state index is -3.62. The standard InChI is InChI=1S/C16H28N4O2S2.HI/c1-4-8-16(2)9-5-10-20(12-16)15(18-3)19-11-13-6-7-14(23-13)24(17,21)22;/h6-7H,4-5,8-12H2,1-3H3,(H,18,19)(H2,17,21,22);1H. The lowest BCUT2D eigenvalue weighted by atomic mass is 9.78. The molecule has 1 fully saturated rings. The summed E-state index contributed by atoms with van der Waals surface area (Å²) in [5, 5.41) is 8.51. The molecule has 144 valence electrons. The Morgan fingerprint density at radius 2 is 2.20 bits per heavy atom. The van der Waals surface area contributed by atoms with Crippen LogP contribution in [0.1, 0.15) is 44.4 Å². The van der Waals surface area contributed by atoms with Gasteiger partial charge in [-0.05, 0) is 36.8 Å². The second-order valence-electron chi connectivity index (χ2n) is 6.75. The number of guanidine groups is 1. The number of hydrogen-bond donors (Lipinski definition) is 2. The summed E-state index contributed by atoms with van der Waals surface area (Å²) in [4.78, 5) is 7.64. The molecule has 1 aromatic rings. The fourth-order valence-electron chi connectivity index (χ4n) is 3.41. The van der Waals surface area contributed by atoms with Crippen LogP contribution in [0.15, 0.2) is 21.3 Å². The highest BCUT2D eigenvalue weighted by Gasteiger charge is 2.31. The van der Waals surface area contributed by atoms with E-state index in [4.69, 9.17) is 5.14 Å². The highest BCUT2D eigenvalue weighted by Crippen LogP contribution is 2.34. The molecule has 0 aromatic carbocycles. The van der Waals surface area contributed by atoms with Crippen LogP contribution in [0.2, 0.25) is 0 Å². The van der Waals surface area contributed by atoms with E-state index in [1.165, 1.54) is 37.0 Å². The van der Waals surface area contributed by atoms with Crippen molar-refractivity contribution in [3.63, 3.8) is 0 Å². The van der Waals surface area contributed by atoms with E-state index in [0.29, 0.717) is 12.0 Å². The molecule has 1 unspecified atom stereocenters. The van der Waals surface area contributed by atoms with Gasteiger partial charge in [-0.2, -0.15) is 0 Å². The lowest BCUT2D eigenvalue weighted by Crippen LogP contribution is -2.49. The predicted octanol–water partition coefficient (Wildman–Crippen LogP) is 2.99. The molecule has 0 bridgehead atoms. The summed E-state index contributed by atoms with van der Waals surface area (Å²) in [6.45, 7) is 7.15. The van der Waals surface area contributed by atoms with E-state index >= 15 is 0 Å². The normalized spacial score (nSPS) is 21.8. The third-order valence-corrected chi connectivity index (χ3v) is 7.01. The van der Waals surface area contributed by atoms with Crippen molar-refractivity contribution in [3.05, 3.63) is 17.0 Å². The zero-order valence-corrected chi connectivity index (χ0v) is 19.1. The number of aliphatic imine (C=N–C) groups is 1. The maximum Gasteiger partial charge on any atom is 0.247 e. The topological polar surface area (TPSA) is 87.8 Å². The van der Waals surface area contributed by atoms with Gasteiger partial charge >= 0.3 is 0 Å². The van der Waals surface area contributed by atoms with Crippen molar-refractivity contribution in [2.75, 3.05) is 20.1 Å². The van der Waals surface area contributed by atoms with Gasteiger partial charge in [0.15, 0.2) is 5.96 Å². The number of hydrogen-bond acceptors (Lipinski definition) is 4. The van der Waals surface area contributed by atoms with Crippen LogP contribution in [-0.4, -0.2) is 39.4 Å². The Kier molecular flexibility index (Phi) is 8.62. The SMILES string of the molecule is CCCC1(C)CCCN(C(=NC)NCc2ccc(S(N)(=O)=O)s2)C1.I. The lowest BCUT2D eigenvalue weighted by Gasteiger charge is -2.42. The Balaban J connectivity index is 0.00000312. The highest BCUT2D eigenvalue weighted by molar-refractivity contribution is 14.0. The Morgan fingerprint density at radius 3 is 2.76 bits per heavy atom. The fraction of sp³-hybridized carbons (Fsp3) is 0.688. The Labute approximate surface area is 172 Å². The van der Waals surface area contributed by atoms with Crippen LogP contribution < -0.4 is 10.5 Å². The predicted molar refractivity (Wildman–Crippen MR) is 115 cm³/mol. The number of primary sulfonamides is 1. The van der Waals surface area contributed by atoms with Gasteiger partial charge in [-0.25, -0.2) is 13.6 Å². The monoisotopic (exact) mass is 500 g/mol. The summed E-state index contributed by atoms with van der Waals surface area (Å²) < 4.78 is 22.9. The van der Waals surface area contributed by atoms with Crippen molar-refractivity contribution < 1.29 is 8.42 Å². The van der Waals surface area contributed by atoms with Crippen molar-refractivity contribution in [2.45, 2.75) is 50.3 Å². The smallest absolute Gasteiger partial charge is 0.247 e. The van der Waals surface area contributed by atoms with Gasteiger partial charge in [0.25, 0.3) is 0 Å². The zero-order chi connectivity index (χ0) is 17.8. The van der Waals surface area contributed by atoms with Crippen LogP contribution >= 0.6 is 35.3 Å². The molecule has 25 heavy (non-hydrogen) atoms. The molecule has 0 saturated carbocycles. The van der Waals surface area contributed by atoms with Gasteiger partial charge in [0.05, 0.1) is 6.54 Å². The van der Waals surface area contributed by atoms with Crippen molar-refractivity contribution in [1.82, 2.24) is 10.2 Å². The average Bonchev–Trinajstić information content (AvgIpc) is 2.97. The lowest BCUT2D eigenvalue weighted by molar-refractivity contribution is 0.142. The van der Waals surface area contributed by atoms with Crippen molar-refractivity contribution in [3.8, 4) is 0 Å². The number of likely N-dealkylation sites (tertiary alicyclic amines) is 1. The third-order valence-electron chi connectivity index (χ3n) is 4.48. The minimum Gasteiger partial charge on any atom is -0.351 e. The molecule has 1 saturated heterocycles. The Morgan fingerprint density at radius 1 is 1.48 bits per heavy atom. The number of nitrogens with one attached hydrogen (secondary N) is 1. The summed E-state index contributed by atoms with van der Waals surface area (Å²) in [7, 11) is -1.83. The van der Waals surface area contributed by atoms with Crippen LogP contribution in [0, 0.1) is 5.41 Å². The van der Waals surface area contributed by atoms with Crippen LogP contribution in [-0.2, 0) is 16.6 Å². The van der Waals surface area contributed by atoms with E-state index in [-0.39, 0.29) is 28.2 Å². The molecule has 3 N–H and O–H groups in total. The molecule has 1 aromatic heterocycles. The number of rotatable bonds is 5. The summed E-state index contributed by atoms with van der Waals surface area (Å²) in [5.74, 6) is 0.877. The molecule has 0 radical (unpaired) electrons. The average molecular weight is 500 g/mol. The summed E-state index contributed by atoms with van der Waals surface area (Å²) in [5.41, 5.74) is 0.342. The minimum absolute atomic E-state index is 0. The van der Waals surface area contributed by atoms with E-state index in [1.54, 1.807) is 19.2 Å². The Bertz CT molecular complexity index is 686. The first-order chi connectivity index (χ1) is 11.3. The Hall–Kier alpha value is -0.390. The molecular weight excluding hydrogens is 471 g/mol.